The predicted octanol–water partition coefficient (Wildman–Crippen LogP) is 1.42. The van der Waals surface area contributed by atoms with Crippen molar-refractivity contribution in [2.45, 2.75) is 31.3 Å². The Hall–Kier alpha value is -1.86. The average Bonchev–Trinajstić information content (AvgIpc) is 2.36. The molecule has 1 aromatic carbocycles. The van der Waals surface area contributed by atoms with Gasteiger partial charge in [-0.2, -0.15) is 5.26 Å². The Morgan fingerprint density at radius 1 is 1.39 bits per heavy atom. The number of nitriles is 1. The SMILES string of the molecule is N#CCN(Cc1ccccc1)C(=O)C1(N)CCC1. The number of hydrogen-bond donors (Lipinski definition) is 1. The van der Waals surface area contributed by atoms with Crippen molar-refractivity contribution in [3.63, 3.8) is 0 Å². The monoisotopic (exact) mass is 243 g/mol. The van der Waals surface area contributed by atoms with E-state index in [9.17, 15) is 4.79 Å². The number of benzene rings is 1. The van der Waals surface area contributed by atoms with Crippen LogP contribution in [0, 0.1) is 11.3 Å². The van der Waals surface area contributed by atoms with E-state index in [1.54, 1.807) is 4.90 Å². The van der Waals surface area contributed by atoms with Gasteiger partial charge in [0, 0.05) is 6.54 Å². The molecule has 2 N–H and O–H groups in total. The van der Waals surface area contributed by atoms with Crippen LogP contribution in [0.5, 0.6) is 0 Å². The number of rotatable bonds is 4. The second kappa shape index (κ2) is 5.19. The summed E-state index contributed by atoms with van der Waals surface area (Å²) in [5, 5.41) is 8.84. The lowest BCUT2D eigenvalue weighted by Gasteiger charge is -2.39. The molecular weight excluding hydrogens is 226 g/mol. The topological polar surface area (TPSA) is 70.1 Å². The molecule has 94 valence electrons. The summed E-state index contributed by atoms with van der Waals surface area (Å²) in [5.74, 6) is -0.0980. The highest BCUT2D eigenvalue weighted by atomic mass is 16.2. The van der Waals surface area contributed by atoms with Crippen LogP contribution in [-0.4, -0.2) is 22.9 Å². The Morgan fingerprint density at radius 3 is 2.56 bits per heavy atom. The van der Waals surface area contributed by atoms with Crippen molar-refractivity contribution < 1.29 is 4.79 Å². The molecule has 0 unspecified atom stereocenters. The van der Waals surface area contributed by atoms with Gasteiger partial charge in [0.15, 0.2) is 0 Å². The molecule has 0 atom stereocenters. The zero-order valence-electron chi connectivity index (χ0n) is 10.3. The summed E-state index contributed by atoms with van der Waals surface area (Å²) < 4.78 is 0. The first-order valence-corrected chi connectivity index (χ1v) is 6.15. The lowest BCUT2D eigenvalue weighted by atomic mass is 9.76. The Labute approximate surface area is 107 Å². The minimum absolute atomic E-state index is 0.0900. The van der Waals surface area contributed by atoms with Crippen molar-refractivity contribution in [1.82, 2.24) is 4.90 Å². The molecule has 1 saturated carbocycles. The van der Waals surface area contributed by atoms with Gasteiger partial charge in [0.05, 0.1) is 11.6 Å². The van der Waals surface area contributed by atoms with E-state index in [0.717, 1.165) is 24.8 Å². The van der Waals surface area contributed by atoms with Crippen molar-refractivity contribution in [3.05, 3.63) is 35.9 Å². The van der Waals surface area contributed by atoms with E-state index in [0.29, 0.717) is 6.54 Å². The Kier molecular flexibility index (Phi) is 3.63. The minimum Gasteiger partial charge on any atom is -0.323 e. The van der Waals surface area contributed by atoms with Crippen LogP contribution in [0.15, 0.2) is 30.3 Å². The van der Waals surface area contributed by atoms with Crippen molar-refractivity contribution in [2.75, 3.05) is 6.54 Å². The van der Waals surface area contributed by atoms with Gasteiger partial charge in [0.25, 0.3) is 0 Å². The minimum atomic E-state index is -0.731. The van der Waals surface area contributed by atoms with Gasteiger partial charge < -0.3 is 10.6 Å². The van der Waals surface area contributed by atoms with Crippen LogP contribution in [0.25, 0.3) is 0 Å². The largest absolute Gasteiger partial charge is 0.323 e. The molecule has 0 aliphatic heterocycles. The summed E-state index contributed by atoms with van der Waals surface area (Å²) in [7, 11) is 0. The van der Waals surface area contributed by atoms with Crippen LogP contribution >= 0.6 is 0 Å². The number of amides is 1. The summed E-state index contributed by atoms with van der Waals surface area (Å²) in [4.78, 5) is 13.8. The summed E-state index contributed by atoms with van der Waals surface area (Å²) in [6.45, 7) is 0.541. The maximum absolute atomic E-state index is 12.3. The summed E-state index contributed by atoms with van der Waals surface area (Å²) in [5.41, 5.74) is 6.32. The van der Waals surface area contributed by atoms with E-state index in [-0.39, 0.29) is 12.5 Å². The standard InChI is InChI=1S/C14H17N3O/c15-9-10-17(11-12-5-2-1-3-6-12)13(18)14(16)7-4-8-14/h1-3,5-6H,4,7-8,10-11,16H2. The van der Waals surface area contributed by atoms with Gasteiger partial charge >= 0.3 is 0 Å². The van der Waals surface area contributed by atoms with Gasteiger partial charge in [-0.3, -0.25) is 4.79 Å². The summed E-state index contributed by atoms with van der Waals surface area (Å²) >= 11 is 0. The molecule has 4 heteroatoms. The fourth-order valence-corrected chi connectivity index (χ4v) is 2.18. The third-order valence-electron chi connectivity index (χ3n) is 3.44. The van der Waals surface area contributed by atoms with Crippen LogP contribution in [-0.2, 0) is 11.3 Å². The lowest BCUT2D eigenvalue weighted by Crippen LogP contribution is -2.59. The Balaban J connectivity index is 2.09. The van der Waals surface area contributed by atoms with Crippen LogP contribution in [0.4, 0.5) is 0 Å². The molecule has 0 radical (unpaired) electrons. The maximum atomic E-state index is 12.3. The van der Waals surface area contributed by atoms with Gasteiger partial charge in [-0.05, 0) is 24.8 Å². The van der Waals surface area contributed by atoms with E-state index in [4.69, 9.17) is 11.0 Å². The molecule has 1 aliphatic rings. The van der Waals surface area contributed by atoms with E-state index in [1.807, 2.05) is 36.4 Å². The quantitative estimate of drug-likeness (QED) is 0.813. The summed E-state index contributed by atoms with van der Waals surface area (Å²) in [6.07, 6.45) is 2.44. The van der Waals surface area contributed by atoms with Gasteiger partial charge in [-0.15, -0.1) is 0 Å². The Bertz CT molecular complexity index is 460. The fraction of sp³-hybridized carbons (Fsp3) is 0.429. The average molecular weight is 243 g/mol. The van der Waals surface area contributed by atoms with Gasteiger partial charge in [-0.25, -0.2) is 0 Å². The number of nitrogens with two attached hydrogens (primary N) is 1. The highest BCUT2D eigenvalue weighted by molar-refractivity contribution is 5.87. The number of nitrogens with zero attached hydrogens (tertiary/aromatic N) is 2. The number of carbonyl (C=O) groups is 1. The molecule has 1 aromatic rings. The molecule has 1 aliphatic carbocycles. The third-order valence-corrected chi connectivity index (χ3v) is 3.44. The van der Waals surface area contributed by atoms with Crippen molar-refractivity contribution in [1.29, 1.82) is 5.26 Å². The molecule has 0 spiro atoms. The van der Waals surface area contributed by atoms with Crippen LogP contribution in [0.3, 0.4) is 0 Å². The van der Waals surface area contributed by atoms with E-state index < -0.39 is 5.54 Å². The molecule has 2 rings (SSSR count). The molecule has 0 saturated heterocycles. The molecule has 4 nitrogen and oxygen atoms in total. The summed E-state index contributed by atoms with van der Waals surface area (Å²) in [6, 6.07) is 11.7. The fourth-order valence-electron chi connectivity index (χ4n) is 2.18. The zero-order chi connectivity index (χ0) is 13.0. The molecular formula is C14H17N3O. The van der Waals surface area contributed by atoms with Gasteiger partial charge in [0.1, 0.15) is 6.54 Å². The molecule has 0 bridgehead atoms. The molecule has 0 heterocycles. The second-order valence-electron chi connectivity index (χ2n) is 4.81. The van der Waals surface area contributed by atoms with Crippen LogP contribution < -0.4 is 5.73 Å². The highest BCUT2D eigenvalue weighted by Gasteiger charge is 2.42. The first-order valence-electron chi connectivity index (χ1n) is 6.15. The first kappa shape index (κ1) is 12.6. The van der Waals surface area contributed by atoms with Crippen LogP contribution in [0.1, 0.15) is 24.8 Å². The molecule has 1 fully saturated rings. The first-order chi connectivity index (χ1) is 8.65. The normalized spacial score (nSPS) is 16.4. The zero-order valence-corrected chi connectivity index (χ0v) is 10.3. The van der Waals surface area contributed by atoms with Gasteiger partial charge in [-0.1, -0.05) is 30.3 Å². The van der Waals surface area contributed by atoms with Crippen LogP contribution in [0.2, 0.25) is 0 Å². The Morgan fingerprint density at radius 2 is 2.06 bits per heavy atom. The second-order valence-corrected chi connectivity index (χ2v) is 4.81. The number of carbonyl (C=O) groups excluding carboxylic acids is 1. The van der Waals surface area contributed by atoms with Crippen molar-refractivity contribution in [3.8, 4) is 6.07 Å². The van der Waals surface area contributed by atoms with Gasteiger partial charge in [0.2, 0.25) is 5.91 Å². The van der Waals surface area contributed by atoms with E-state index in [1.165, 1.54) is 0 Å². The van der Waals surface area contributed by atoms with E-state index in [2.05, 4.69) is 0 Å². The van der Waals surface area contributed by atoms with Crippen molar-refractivity contribution in [2.24, 2.45) is 5.73 Å². The highest BCUT2D eigenvalue weighted by Crippen LogP contribution is 2.31. The predicted molar refractivity (Wildman–Crippen MR) is 68.2 cm³/mol. The molecule has 18 heavy (non-hydrogen) atoms. The maximum Gasteiger partial charge on any atom is 0.243 e. The lowest BCUT2D eigenvalue weighted by molar-refractivity contribution is -0.140. The molecule has 0 aromatic heterocycles. The third kappa shape index (κ3) is 2.52. The molecule has 1 amide bonds. The smallest absolute Gasteiger partial charge is 0.243 e. The number of hydrogen-bond acceptors (Lipinski definition) is 3. The van der Waals surface area contributed by atoms with E-state index >= 15 is 0 Å². The van der Waals surface area contributed by atoms with Crippen molar-refractivity contribution >= 4 is 5.91 Å².